The smallest absolute Gasteiger partial charge is 0.351 e. The molecule has 0 amide bonds. The van der Waals surface area contributed by atoms with Crippen molar-refractivity contribution in [1.82, 2.24) is 54.1 Å². The number of nitrogens with two attached hydrogens (primary N) is 2. The molecule has 0 aliphatic heterocycles. The molecule has 5 heterocycles. The zero-order valence-corrected chi connectivity index (χ0v) is 65.7. The first kappa shape index (κ1) is 86.0. The number of carbonyl (C=O) groups excluding carboxylic acids is 4. The fourth-order valence-corrected chi connectivity index (χ4v) is 12.4. The average Bonchev–Trinajstić information content (AvgIpc) is 1.64. The minimum atomic E-state index is -0.882. The van der Waals surface area contributed by atoms with Gasteiger partial charge in [-0.05, 0) is 113 Å². The third kappa shape index (κ3) is 25.4. The van der Waals surface area contributed by atoms with Gasteiger partial charge in [0.2, 0.25) is 5.95 Å². The first-order valence-corrected chi connectivity index (χ1v) is 40.2. The van der Waals surface area contributed by atoms with E-state index < -0.39 is 29.6 Å². The van der Waals surface area contributed by atoms with Crippen molar-refractivity contribution >= 4 is 64.2 Å². The number of nitriles is 1. The molecule has 0 aliphatic carbocycles. The van der Waals surface area contributed by atoms with Crippen LogP contribution in [0, 0.1) is 17.9 Å². The molecule has 0 unspecified atom stereocenters. The van der Waals surface area contributed by atoms with E-state index in [0.717, 1.165) is 159 Å². The molecule has 28 nitrogen and oxygen atoms in total. The molecular formula is C81H115N19O9. The fourth-order valence-electron chi connectivity index (χ4n) is 12.4. The van der Waals surface area contributed by atoms with Gasteiger partial charge in [-0.2, -0.15) is 45.0 Å². The Morgan fingerprint density at radius 3 is 1.16 bits per heavy atom. The molecule has 5 aromatic heterocycles. The number of benzene rings is 2. The van der Waals surface area contributed by atoms with Crippen molar-refractivity contribution in [2.75, 3.05) is 37.9 Å². The van der Waals surface area contributed by atoms with Gasteiger partial charge in [0.15, 0.2) is 34.6 Å². The summed E-state index contributed by atoms with van der Waals surface area (Å²) in [6.07, 6.45) is 30.9. The summed E-state index contributed by atoms with van der Waals surface area (Å²) >= 11 is 0. The number of aryl methyl sites for hydroxylation is 4. The molecular weight excluding hydrogens is 1380 g/mol. The lowest BCUT2D eigenvalue weighted by Crippen LogP contribution is -2.22. The van der Waals surface area contributed by atoms with Crippen LogP contribution >= 0.6 is 0 Å². The number of hydrogen-bond donors (Lipinski definition) is 3. The second-order valence-corrected chi connectivity index (χ2v) is 27.7. The predicted molar refractivity (Wildman–Crippen MR) is 421 cm³/mol. The van der Waals surface area contributed by atoms with E-state index in [1.54, 1.807) is 12.1 Å². The van der Waals surface area contributed by atoms with Crippen molar-refractivity contribution in [3.63, 3.8) is 0 Å². The summed E-state index contributed by atoms with van der Waals surface area (Å²) in [7, 11) is 0. The van der Waals surface area contributed by atoms with E-state index in [1.165, 1.54) is 38.3 Å². The van der Waals surface area contributed by atoms with E-state index in [-0.39, 0.29) is 118 Å². The number of H-pyrrole nitrogens is 1. The molecule has 0 saturated carbocycles. The molecule has 7 rings (SSSR count). The number of anilines is 2. The van der Waals surface area contributed by atoms with Gasteiger partial charge in [0.25, 0.3) is 11.6 Å². The first-order chi connectivity index (χ1) is 53.1. The van der Waals surface area contributed by atoms with Crippen LogP contribution in [0.3, 0.4) is 0 Å². The number of nitrogens with zero attached hydrogens (tertiary/aromatic N) is 16. The molecule has 0 aliphatic rings. The predicted octanol–water partition coefficient (Wildman–Crippen LogP) is 19.8. The Bertz CT molecular complexity index is 3920. The van der Waals surface area contributed by atoms with Crippen molar-refractivity contribution in [3.05, 3.63) is 109 Å². The summed E-state index contributed by atoms with van der Waals surface area (Å²) in [6, 6.07) is 11.4. The van der Waals surface area contributed by atoms with Crippen molar-refractivity contribution in [1.29, 1.82) is 5.26 Å². The van der Waals surface area contributed by atoms with E-state index in [9.17, 15) is 29.2 Å². The van der Waals surface area contributed by atoms with Crippen molar-refractivity contribution < 1.29 is 38.1 Å². The summed E-state index contributed by atoms with van der Waals surface area (Å²) in [4.78, 5) is 85.3. The Morgan fingerprint density at radius 2 is 0.761 bits per heavy atom. The Labute approximate surface area is 641 Å². The first-order valence-electron chi connectivity index (χ1n) is 40.2. The average molecular weight is 1500 g/mol. The number of nitrogen functional groups attached to an aromatic ring is 2. The van der Waals surface area contributed by atoms with Gasteiger partial charge in [-0.15, -0.1) is 20.5 Å². The molecule has 5 N–H and O–H groups in total. The van der Waals surface area contributed by atoms with E-state index in [1.807, 2.05) is 27.7 Å². The molecule has 28 heteroatoms. The van der Waals surface area contributed by atoms with Crippen LogP contribution in [0.1, 0.15) is 331 Å². The summed E-state index contributed by atoms with van der Waals surface area (Å²) in [5.41, 5.74) is 15.8. The fraction of sp³-hybridized carbons (Fsp3) is 0.593. The van der Waals surface area contributed by atoms with Crippen molar-refractivity contribution in [3.8, 4) is 29.3 Å². The second-order valence-electron chi connectivity index (χ2n) is 27.7. The lowest BCUT2D eigenvalue weighted by molar-refractivity contribution is 0.0477. The van der Waals surface area contributed by atoms with Gasteiger partial charge in [0.1, 0.15) is 11.6 Å². The highest BCUT2D eigenvalue weighted by Gasteiger charge is 2.28. The number of azo groups is 2. The largest absolute Gasteiger partial charge is 0.462 e. The molecule has 0 fully saturated rings. The quantitative estimate of drug-likeness (QED) is 0.0105. The van der Waals surface area contributed by atoms with Crippen LogP contribution in [0.15, 0.2) is 61.6 Å². The molecule has 2 aromatic carbocycles. The number of aromatic nitrogens is 11. The highest BCUT2D eigenvalue weighted by atomic mass is 16.5. The van der Waals surface area contributed by atoms with Gasteiger partial charge in [0, 0.05) is 0 Å². The summed E-state index contributed by atoms with van der Waals surface area (Å²) in [6.45, 7) is 25.9. The summed E-state index contributed by atoms with van der Waals surface area (Å²) in [5, 5.41) is 49.4. The monoisotopic (exact) mass is 1500 g/mol. The van der Waals surface area contributed by atoms with E-state index in [4.69, 9.17) is 82.8 Å². The van der Waals surface area contributed by atoms with Crippen LogP contribution in [-0.4, -0.2) is 104 Å². The Balaban J connectivity index is 1.30. The van der Waals surface area contributed by atoms with E-state index in [2.05, 4.69) is 48.6 Å². The molecule has 109 heavy (non-hydrogen) atoms. The highest BCUT2D eigenvalue weighted by molar-refractivity contribution is 5.97. The number of rotatable bonds is 52. The van der Waals surface area contributed by atoms with E-state index in [0.29, 0.717) is 99.8 Å². The Morgan fingerprint density at radius 1 is 0.431 bits per heavy atom. The van der Waals surface area contributed by atoms with Gasteiger partial charge in [-0.3, -0.25) is 4.98 Å². The van der Waals surface area contributed by atoms with Gasteiger partial charge in [0.05, 0.1) is 89.4 Å². The minimum Gasteiger partial charge on any atom is -0.462 e. The number of unbranched alkanes of at least 4 members (excludes halogenated alkanes) is 24. The van der Waals surface area contributed by atoms with Crippen LogP contribution in [0.2, 0.25) is 0 Å². The number of ether oxygens (including phenoxy) is 4. The summed E-state index contributed by atoms with van der Waals surface area (Å²) < 4.78 is 28.3. The number of carbonyl (C=O) groups is 4. The molecule has 0 bridgehead atoms. The third-order valence-corrected chi connectivity index (χ3v) is 18.8. The lowest BCUT2D eigenvalue weighted by Gasteiger charge is -2.12. The van der Waals surface area contributed by atoms with Crippen LogP contribution in [0.25, 0.3) is 28.1 Å². The number of aromatic amines is 1. The molecule has 0 spiro atoms. The topological polar surface area (TPSA) is 365 Å². The lowest BCUT2D eigenvalue weighted by atomic mass is 10.1. The Hall–Kier alpha value is -10.2. The zero-order chi connectivity index (χ0) is 78.3. The molecule has 0 saturated heterocycles. The number of hydrogen-bond acceptors (Lipinski definition) is 22. The standard InChI is InChI=1S/C81H115N19O9/c1-10-18-26-30-34-38-46-106-75(101)57-50-58(76(102)107-47-39-35-31-27-19-11-2)53-61(52-57)97-73(63(56-82)64(93-97)42-22-14-5)91-89-68-65(43-23-15-6)95-99(71(68)83)79-86-80(88-81(105)87-79)100-72(84)69(66(96-100)44-24-16-7)90-92-74-70(85-9)67(45-25-17-8)94-98(74)62-54-59(77(103)108-48-40-36-32-28-20-12-3)51-60(55-62)78(104)109-49-41-37-33-29-21-13-4/h50-55H,10-49,83-84H2,1-8H3,(H,86,87,88,105). The van der Waals surface area contributed by atoms with E-state index >= 15 is 0 Å². The normalized spacial score (nSPS) is 11.5. The highest BCUT2D eigenvalue weighted by Crippen LogP contribution is 2.40. The van der Waals surface area contributed by atoms with Crippen LogP contribution in [0.4, 0.5) is 40.3 Å². The number of esters is 4. The maximum Gasteiger partial charge on any atom is 0.351 e. The van der Waals surface area contributed by atoms with Gasteiger partial charge in [-0.1, -0.05) is 209 Å². The van der Waals surface area contributed by atoms with Crippen LogP contribution in [0.5, 0.6) is 0 Å². The maximum absolute atomic E-state index is 14.0. The van der Waals surface area contributed by atoms with Crippen molar-refractivity contribution in [2.45, 2.75) is 287 Å². The molecule has 588 valence electrons. The van der Waals surface area contributed by atoms with Gasteiger partial charge < -0.3 is 30.4 Å². The van der Waals surface area contributed by atoms with Crippen molar-refractivity contribution in [2.24, 2.45) is 20.5 Å². The number of nitrogens with one attached hydrogen (secondary N) is 1. The van der Waals surface area contributed by atoms with Gasteiger partial charge >= 0.3 is 29.6 Å². The van der Waals surface area contributed by atoms with Crippen LogP contribution in [-0.2, 0) is 44.6 Å². The van der Waals surface area contributed by atoms with Gasteiger partial charge in [-0.25, -0.2) is 38.2 Å². The Kier molecular flexibility index (Phi) is 37.0. The summed E-state index contributed by atoms with van der Waals surface area (Å²) in [5.74, 6) is -3.35. The zero-order valence-electron chi connectivity index (χ0n) is 65.7. The van der Waals surface area contributed by atoms with Crippen LogP contribution < -0.4 is 17.2 Å². The third-order valence-electron chi connectivity index (χ3n) is 18.8. The maximum atomic E-state index is 14.0. The second kappa shape index (κ2) is 46.9. The molecule has 0 atom stereocenters. The SMILES string of the molecule is [C-]#[N+]c1c(CCCC)nn(-c2cc(C(=O)OCCCCCCCC)cc(C(=O)OCCCCCCCC)c2)c1N=Nc1c(CCCC)nn(-c2nc(-n3nc(CCCC)c(N=Nc4c(C#N)c(CCCC)nn4-c4cc(C(=O)OCCCCCCCC)cc(C(=O)OCCCCCCCC)c4)c3N)[nH]c(=O)n2)c1N. The molecule has 0 radical (unpaired) electrons. The molecule has 7 aromatic rings. The minimum absolute atomic E-state index is 0.0187.